The van der Waals surface area contributed by atoms with Crippen molar-refractivity contribution in [2.45, 2.75) is 56.1 Å². The van der Waals surface area contributed by atoms with Crippen LogP contribution in [0.2, 0.25) is 0 Å². The van der Waals surface area contributed by atoms with Crippen LogP contribution in [0.15, 0.2) is 11.2 Å². The van der Waals surface area contributed by atoms with E-state index in [1.54, 1.807) is 13.2 Å². The second-order valence-electron chi connectivity index (χ2n) is 6.20. The molecule has 2 fully saturated rings. The van der Waals surface area contributed by atoms with Crippen molar-refractivity contribution in [3.63, 3.8) is 0 Å². The molecule has 20 heavy (non-hydrogen) atoms. The zero-order chi connectivity index (χ0) is 14.4. The van der Waals surface area contributed by atoms with Gasteiger partial charge < -0.3 is 5.32 Å². The van der Waals surface area contributed by atoms with Gasteiger partial charge in [0.2, 0.25) is 0 Å². The van der Waals surface area contributed by atoms with E-state index in [4.69, 9.17) is 5.14 Å². The highest BCUT2D eigenvalue weighted by atomic mass is 32.2. The zero-order valence-electron chi connectivity index (χ0n) is 11.8. The Bertz CT molecular complexity index is 602. The van der Waals surface area contributed by atoms with Crippen LogP contribution in [-0.4, -0.2) is 24.2 Å². The van der Waals surface area contributed by atoms with Crippen molar-refractivity contribution in [3.8, 4) is 0 Å². The molecule has 1 heterocycles. The maximum atomic E-state index is 11.6. The van der Waals surface area contributed by atoms with Crippen LogP contribution in [-0.2, 0) is 23.6 Å². The molecular weight excluding hydrogens is 276 g/mol. The van der Waals surface area contributed by atoms with Gasteiger partial charge in [-0.15, -0.1) is 0 Å². The molecule has 2 aliphatic carbocycles. The lowest BCUT2D eigenvalue weighted by molar-refractivity contribution is 0.312. The second-order valence-corrected chi connectivity index (χ2v) is 7.68. The third kappa shape index (κ3) is 2.49. The van der Waals surface area contributed by atoms with Gasteiger partial charge >= 0.3 is 0 Å². The normalized spacial score (nSPS) is 25.0. The smallest absolute Gasteiger partial charge is 0.255 e. The number of aryl methyl sites for hydroxylation is 1. The molecule has 1 atom stereocenters. The third-order valence-corrected chi connectivity index (χ3v) is 5.87. The molecule has 0 saturated heterocycles. The molecule has 1 aromatic rings. The topological polar surface area (TPSA) is 90.0 Å². The maximum Gasteiger partial charge on any atom is 0.255 e. The number of nitrogens with zero attached hydrogens (tertiary/aromatic N) is 2. The van der Waals surface area contributed by atoms with E-state index < -0.39 is 10.0 Å². The quantitative estimate of drug-likeness (QED) is 0.863. The Kier molecular flexibility index (Phi) is 3.38. The van der Waals surface area contributed by atoms with Crippen molar-refractivity contribution < 1.29 is 8.42 Å². The van der Waals surface area contributed by atoms with Crippen LogP contribution >= 0.6 is 0 Å². The SMILES string of the molecule is Cn1ncc(CNC2CC23CCCCC3)c1S(N)(=O)=O. The fourth-order valence-electron chi connectivity index (χ4n) is 3.64. The molecule has 1 spiro atoms. The minimum absolute atomic E-state index is 0.114. The summed E-state index contributed by atoms with van der Waals surface area (Å²) in [5, 5.41) is 12.8. The molecule has 112 valence electrons. The Hall–Kier alpha value is -0.920. The fourth-order valence-corrected chi connectivity index (χ4v) is 4.54. The van der Waals surface area contributed by atoms with E-state index >= 15 is 0 Å². The molecule has 0 aliphatic heterocycles. The standard InChI is InChI=1S/C13H22N4O2S/c1-17-12(20(14,18)19)10(9-16-17)8-15-11-7-13(11)5-3-2-4-6-13/h9,11,15H,2-8H2,1H3,(H2,14,18,19). The molecular formula is C13H22N4O2S. The van der Waals surface area contributed by atoms with Gasteiger partial charge in [-0.2, -0.15) is 5.10 Å². The van der Waals surface area contributed by atoms with Crippen LogP contribution in [0, 0.1) is 5.41 Å². The minimum atomic E-state index is -3.72. The van der Waals surface area contributed by atoms with Crippen molar-refractivity contribution in [2.75, 3.05) is 0 Å². The summed E-state index contributed by atoms with van der Waals surface area (Å²) in [6.45, 7) is 0.520. The highest BCUT2D eigenvalue weighted by Crippen LogP contribution is 2.56. The first-order valence-electron chi connectivity index (χ1n) is 7.19. The van der Waals surface area contributed by atoms with E-state index in [0.29, 0.717) is 23.6 Å². The fraction of sp³-hybridized carbons (Fsp3) is 0.769. The monoisotopic (exact) mass is 298 g/mol. The molecule has 0 radical (unpaired) electrons. The van der Waals surface area contributed by atoms with Gasteiger partial charge in [-0.1, -0.05) is 19.3 Å². The van der Waals surface area contributed by atoms with Crippen molar-refractivity contribution in [1.29, 1.82) is 0 Å². The summed E-state index contributed by atoms with van der Waals surface area (Å²) in [5.74, 6) is 0. The lowest BCUT2D eigenvalue weighted by atomic mass is 9.86. The molecule has 3 N–H and O–H groups in total. The van der Waals surface area contributed by atoms with Crippen LogP contribution in [0.5, 0.6) is 0 Å². The minimum Gasteiger partial charge on any atom is -0.309 e. The van der Waals surface area contributed by atoms with Crippen LogP contribution in [0.4, 0.5) is 0 Å². The molecule has 2 saturated carbocycles. The van der Waals surface area contributed by atoms with Gasteiger partial charge in [-0.3, -0.25) is 4.68 Å². The molecule has 7 heteroatoms. The lowest BCUT2D eigenvalue weighted by Gasteiger charge is -2.22. The number of hydrogen-bond donors (Lipinski definition) is 2. The van der Waals surface area contributed by atoms with Crippen molar-refractivity contribution >= 4 is 10.0 Å². The van der Waals surface area contributed by atoms with Crippen molar-refractivity contribution in [3.05, 3.63) is 11.8 Å². The Morgan fingerprint density at radius 2 is 2.15 bits per heavy atom. The summed E-state index contributed by atoms with van der Waals surface area (Å²) in [5.41, 5.74) is 1.15. The van der Waals surface area contributed by atoms with Gasteiger partial charge in [0.05, 0.1) is 6.20 Å². The third-order valence-electron chi connectivity index (χ3n) is 4.80. The van der Waals surface area contributed by atoms with Gasteiger partial charge in [0.15, 0.2) is 5.03 Å². The summed E-state index contributed by atoms with van der Waals surface area (Å²) in [7, 11) is -2.12. The average molecular weight is 298 g/mol. The van der Waals surface area contributed by atoms with Crippen LogP contribution in [0.1, 0.15) is 44.1 Å². The predicted molar refractivity (Wildman–Crippen MR) is 75.3 cm³/mol. The first kappa shape index (κ1) is 14.0. The largest absolute Gasteiger partial charge is 0.309 e. The molecule has 1 unspecified atom stereocenters. The Balaban J connectivity index is 1.66. The van der Waals surface area contributed by atoms with Gasteiger partial charge in [0.1, 0.15) is 0 Å². The van der Waals surface area contributed by atoms with Crippen LogP contribution in [0.3, 0.4) is 0 Å². The number of hydrogen-bond acceptors (Lipinski definition) is 4. The molecule has 0 bridgehead atoms. The number of nitrogens with one attached hydrogen (secondary N) is 1. The van der Waals surface area contributed by atoms with Gasteiger partial charge in [-0.05, 0) is 24.7 Å². The van der Waals surface area contributed by atoms with Crippen LogP contribution < -0.4 is 10.5 Å². The van der Waals surface area contributed by atoms with Crippen molar-refractivity contribution in [1.82, 2.24) is 15.1 Å². The Morgan fingerprint density at radius 1 is 1.45 bits per heavy atom. The van der Waals surface area contributed by atoms with Gasteiger partial charge in [0.25, 0.3) is 10.0 Å². The summed E-state index contributed by atoms with van der Waals surface area (Å²) in [6, 6.07) is 0.524. The maximum absolute atomic E-state index is 11.6. The first-order valence-corrected chi connectivity index (χ1v) is 8.74. The number of nitrogens with two attached hydrogens (primary N) is 1. The van der Waals surface area contributed by atoms with E-state index in [-0.39, 0.29) is 5.03 Å². The van der Waals surface area contributed by atoms with E-state index in [2.05, 4.69) is 10.4 Å². The predicted octanol–water partition coefficient (Wildman–Crippen LogP) is 0.880. The molecule has 1 aromatic heterocycles. The van der Waals surface area contributed by atoms with Gasteiger partial charge in [-0.25, -0.2) is 13.6 Å². The van der Waals surface area contributed by atoms with E-state index in [9.17, 15) is 8.42 Å². The Labute approximate surface area is 119 Å². The van der Waals surface area contributed by atoms with E-state index in [1.165, 1.54) is 43.2 Å². The van der Waals surface area contributed by atoms with E-state index in [1.807, 2.05) is 0 Å². The zero-order valence-corrected chi connectivity index (χ0v) is 12.6. The average Bonchev–Trinajstić information content (AvgIpc) is 2.87. The highest BCUT2D eigenvalue weighted by Gasteiger charge is 2.53. The highest BCUT2D eigenvalue weighted by molar-refractivity contribution is 7.89. The number of sulfonamides is 1. The molecule has 6 nitrogen and oxygen atoms in total. The first-order chi connectivity index (χ1) is 9.42. The lowest BCUT2D eigenvalue weighted by Crippen LogP contribution is -2.26. The second kappa shape index (κ2) is 4.82. The number of rotatable bonds is 4. The molecule has 2 aliphatic rings. The summed E-state index contributed by atoms with van der Waals surface area (Å²) in [6.07, 6.45) is 9.42. The molecule has 3 rings (SSSR count). The van der Waals surface area contributed by atoms with Gasteiger partial charge in [0, 0.05) is 25.2 Å². The number of aromatic nitrogens is 2. The van der Waals surface area contributed by atoms with Crippen molar-refractivity contribution in [2.24, 2.45) is 17.6 Å². The molecule has 0 aromatic carbocycles. The Morgan fingerprint density at radius 3 is 2.80 bits per heavy atom. The van der Waals surface area contributed by atoms with Crippen LogP contribution in [0.25, 0.3) is 0 Å². The summed E-state index contributed by atoms with van der Waals surface area (Å²) < 4.78 is 24.5. The van der Waals surface area contributed by atoms with E-state index in [0.717, 1.165) is 0 Å². The molecule has 0 amide bonds. The summed E-state index contributed by atoms with van der Waals surface area (Å²) in [4.78, 5) is 0. The summed E-state index contributed by atoms with van der Waals surface area (Å²) >= 11 is 0. The number of primary sulfonamides is 1.